The highest BCUT2D eigenvalue weighted by Crippen LogP contribution is 2.23. The number of hydrogen-bond donors (Lipinski definition) is 0. The highest BCUT2D eigenvalue weighted by molar-refractivity contribution is 5.94. The van der Waals surface area contributed by atoms with Gasteiger partial charge in [0.1, 0.15) is 5.75 Å². The van der Waals surface area contributed by atoms with Crippen LogP contribution in [0.15, 0.2) is 61.2 Å². The maximum Gasteiger partial charge on any atom is 0.159 e. The first kappa shape index (κ1) is 21.0. The van der Waals surface area contributed by atoms with Crippen molar-refractivity contribution in [3.8, 4) is 5.75 Å². The summed E-state index contributed by atoms with van der Waals surface area (Å²) in [6.45, 7) is 10.1. The third kappa shape index (κ3) is 6.11. The second-order valence-electron chi connectivity index (χ2n) is 7.56. The molecular formula is C25H32N2O2. The molecule has 2 aromatic rings. The summed E-state index contributed by atoms with van der Waals surface area (Å²) in [7, 11) is 0. The molecular weight excluding hydrogens is 360 g/mol. The molecule has 0 atom stereocenters. The number of carbonyl (C=O) groups excluding carboxylic acids is 1. The number of hydrogen-bond acceptors (Lipinski definition) is 4. The van der Waals surface area contributed by atoms with Crippen LogP contribution < -0.4 is 14.5 Å². The van der Waals surface area contributed by atoms with E-state index in [1.165, 1.54) is 24.2 Å². The molecule has 1 saturated heterocycles. The first-order chi connectivity index (χ1) is 14.2. The molecule has 1 aliphatic rings. The van der Waals surface area contributed by atoms with Crippen LogP contribution in [0.4, 0.5) is 11.4 Å². The Morgan fingerprint density at radius 3 is 1.97 bits per heavy atom. The van der Waals surface area contributed by atoms with Crippen LogP contribution in [0.25, 0.3) is 0 Å². The third-order valence-corrected chi connectivity index (χ3v) is 5.44. The quantitative estimate of drug-likeness (QED) is 0.310. The summed E-state index contributed by atoms with van der Waals surface area (Å²) in [4.78, 5) is 16.2. The number of ether oxygens (including phenoxy) is 1. The van der Waals surface area contributed by atoms with Crippen LogP contribution in [0, 0.1) is 0 Å². The van der Waals surface area contributed by atoms with E-state index in [2.05, 4.69) is 52.8 Å². The second kappa shape index (κ2) is 10.7. The molecule has 4 nitrogen and oxygen atoms in total. The van der Waals surface area contributed by atoms with Crippen LogP contribution in [0.5, 0.6) is 5.75 Å². The normalized spacial score (nSPS) is 14.0. The minimum Gasteiger partial charge on any atom is -0.494 e. The number of piperazine rings is 1. The van der Waals surface area contributed by atoms with Crippen LogP contribution in [0.3, 0.4) is 0 Å². The fraction of sp³-hybridized carbons (Fsp3) is 0.400. The van der Waals surface area contributed by atoms with Crippen molar-refractivity contribution in [3.63, 3.8) is 0 Å². The van der Waals surface area contributed by atoms with E-state index in [9.17, 15) is 4.79 Å². The van der Waals surface area contributed by atoms with E-state index < -0.39 is 0 Å². The van der Waals surface area contributed by atoms with E-state index in [1.807, 2.05) is 18.2 Å². The molecule has 0 bridgehead atoms. The predicted molar refractivity (Wildman–Crippen MR) is 121 cm³/mol. The number of benzene rings is 2. The number of allylic oxidation sites excluding steroid dienone is 1. The van der Waals surface area contributed by atoms with Gasteiger partial charge in [0, 0.05) is 43.1 Å². The van der Waals surface area contributed by atoms with Crippen molar-refractivity contribution in [3.05, 3.63) is 66.7 Å². The molecule has 0 amide bonds. The molecule has 1 fully saturated rings. The number of Topliss-reactive ketones (excluding diaryl/α,β-unsaturated/α-hetero) is 1. The zero-order chi connectivity index (χ0) is 20.5. The van der Waals surface area contributed by atoms with E-state index in [0.29, 0.717) is 0 Å². The van der Waals surface area contributed by atoms with Crippen molar-refractivity contribution in [2.24, 2.45) is 0 Å². The zero-order valence-electron chi connectivity index (χ0n) is 17.5. The lowest BCUT2D eigenvalue weighted by Crippen LogP contribution is -2.46. The van der Waals surface area contributed by atoms with Crippen LogP contribution in [-0.2, 0) is 0 Å². The lowest BCUT2D eigenvalue weighted by Gasteiger charge is -2.37. The summed E-state index contributed by atoms with van der Waals surface area (Å²) in [5, 5.41) is 0. The van der Waals surface area contributed by atoms with Crippen molar-refractivity contribution in [1.29, 1.82) is 0 Å². The summed E-state index contributed by atoms with van der Waals surface area (Å²) in [5.74, 6) is 1.06. The van der Waals surface area contributed by atoms with Crippen molar-refractivity contribution < 1.29 is 9.53 Å². The van der Waals surface area contributed by atoms with E-state index in [4.69, 9.17) is 4.74 Å². The van der Waals surface area contributed by atoms with Gasteiger partial charge in [-0.25, -0.2) is 0 Å². The Hall–Kier alpha value is -2.75. The molecule has 0 aliphatic carbocycles. The molecule has 154 valence electrons. The molecule has 0 saturated carbocycles. The lowest BCUT2D eigenvalue weighted by atomic mass is 10.1. The van der Waals surface area contributed by atoms with Gasteiger partial charge in [0.25, 0.3) is 0 Å². The number of unbranched alkanes of at least 4 members (excludes halogenated alkanes) is 3. The predicted octanol–water partition coefficient (Wildman–Crippen LogP) is 5.34. The smallest absolute Gasteiger partial charge is 0.159 e. The van der Waals surface area contributed by atoms with Gasteiger partial charge >= 0.3 is 0 Å². The Bertz CT molecular complexity index is 775. The standard InChI is InChI=1S/C25H32N2O2/c1-3-4-5-6-7-20-29-25-14-12-24(13-15-25)27-18-16-26(17-19-27)23-10-8-22(9-11-23)21(2)28/h3,8-15H,1,4-7,16-20H2,2H3. The van der Waals surface area contributed by atoms with Crippen LogP contribution in [0.1, 0.15) is 43.0 Å². The van der Waals surface area contributed by atoms with Gasteiger partial charge in [-0.2, -0.15) is 0 Å². The maximum absolute atomic E-state index is 11.4. The molecule has 2 aromatic carbocycles. The molecule has 0 spiro atoms. The summed E-state index contributed by atoms with van der Waals surface area (Å²) >= 11 is 0. The molecule has 0 radical (unpaired) electrons. The minimum atomic E-state index is 0.112. The fourth-order valence-electron chi connectivity index (χ4n) is 3.64. The van der Waals surface area contributed by atoms with E-state index >= 15 is 0 Å². The summed E-state index contributed by atoms with van der Waals surface area (Å²) in [5.41, 5.74) is 3.20. The van der Waals surface area contributed by atoms with Crippen molar-refractivity contribution in [1.82, 2.24) is 0 Å². The average molecular weight is 393 g/mol. The number of ketones is 1. The third-order valence-electron chi connectivity index (χ3n) is 5.44. The van der Waals surface area contributed by atoms with Crippen LogP contribution in [-0.4, -0.2) is 38.6 Å². The van der Waals surface area contributed by atoms with Gasteiger partial charge in [-0.05, 0) is 81.1 Å². The molecule has 1 aliphatic heterocycles. The summed E-state index contributed by atoms with van der Waals surface area (Å²) in [6, 6.07) is 16.4. The highest BCUT2D eigenvalue weighted by Gasteiger charge is 2.17. The Kier molecular flexibility index (Phi) is 7.74. The first-order valence-corrected chi connectivity index (χ1v) is 10.6. The van der Waals surface area contributed by atoms with Crippen molar-refractivity contribution >= 4 is 17.2 Å². The van der Waals surface area contributed by atoms with Crippen LogP contribution in [0.2, 0.25) is 0 Å². The minimum absolute atomic E-state index is 0.112. The van der Waals surface area contributed by atoms with Crippen molar-refractivity contribution in [2.75, 3.05) is 42.6 Å². The molecule has 0 N–H and O–H groups in total. The van der Waals surface area contributed by atoms with Crippen molar-refractivity contribution in [2.45, 2.75) is 32.6 Å². The number of rotatable bonds is 10. The van der Waals surface area contributed by atoms with Gasteiger partial charge in [0.05, 0.1) is 6.61 Å². The highest BCUT2D eigenvalue weighted by atomic mass is 16.5. The molecule has 1 heterocycles. The SMILES string of the molecule is C=CCCCCCOc1ccc(N2CCN(c3ccc(C(C)=O)cc3)CC2)cc1. The topological polar surface area (TPSA) is 32.8 Å². The lowest BCUT2D eigenvalue weighted by molar-refractivity contribution is 0.101. The summed E-state index contributed by atoms with van der Waals surface area (Å²) < 4.78 is 5.85. The zero-order valence-corrected chi connectivity index (χ0v) is 17.5. The van der Waals surface area contributed by atoms with E-state index in [-0.39, 0.29) is 5.78 Å². The number of anilines is 2. The van der Waals surface area contributed by atoms with Gasteiger partial charge in [0.15, 0.2) is 5.78 Å². The first-order valence-electron chi connectivity index (χ1n) is 10.6. The molecule has 0 aromatic heterocycles. The monoisotopic (exact) mass is 392 g/mol. The Labute approximate surface area is 174 Å². The Balaban J connectivity index is 1.44. The second-order valence-corrected chi connectivity index (χ2v) is 7.56. The van der Waals surface area contributed by atoms with Gasteiger partial charge < -0.3 is 14.5 Å². The van der Waals surface area contributed by atoms with Crippen LogP contribution >= 0.6 is 0 Å². The maximum atomic E-state index is 11.4. The Morgan fingerprint density at radius 2 is 1.45 bits per heavy atom. The number of carbonyl (C=O) groups is 1. The van der Waals surface area contributed by atoms with E-state index in [0.717, 1.165) is 56.9 Å². The van der Waals surface area contributed by atoms with Gasteiger partial charge in [-0.15, -0.1) is 6.58 Å². The molecule has 29 heavy (non-hydrogen) atoms. The van der Waals surface area contributed by atoms with E-state index in [1.54, 1.807) is 6.92 Å². The van der Waals surface area contributed by atoms with Gasteiger partial charge in [-0.3, -0.25) is 4.79 Å². The van der Waals surface area contributed by atoms with Gasteiger partial charge in [0.2, 0.25) is 0 Å². The Morgan fingerprint density at radius 1 is 0.897 bits per heavy atom. The average Bonchev–Trinajstić information content (AvgIpc) is 2.77. The molecule has 4 heteroatoms. The fourth-order valence-corrected chi connectivity index (χ4v) is 3.64. The molecule has 3 rings (SSSR count). The molecule has 0 unspecified atom stereocenters. The largest absolute Gasteiger partial charge is 0.494 e. The summed E-state index contributed by atoms with van der Waals surface area (Å²) in [6.07, 6.45) is 6.53. The van der Waals surface area contributed by atoms with Gasteiger partial charge in [-0.1, -0.05) is 6.08 Å². The number of nitrogens with zero attached hydrogens (tertiary/aromatic N) is 2.